The highest BCUT2D eigenvalue weighted by molar-refractivity contribution is 5.78. The second-order valence-electron chi connectivity index (χ2n) is 10.1. The maximum atomic E-state index is 12.6. The van der Waals surface area contributed by atoms with Crippen LogP contribution in [0.4, 0.5) is 0 Å². The number of hydrogen-bond acceptors (Lipinski definition) is 4. The van der Waals surface area contributed by atoms with Gasteiger partial charge < -0.3 is 10.2 Å². The summed E-state index contributed by atoms with van der Waals surface area (Å²) in [5, 5.41) is 3.20. The summed E-state index contributed by atoms with van der Waals surface area (Å²) in [6.07, 6.45) is 6.43. The van der Waals surface area contributed by atoms with Crippen molar-refractivity contribution < 1.29 is 9.59 Å². The quantitative estimate of drug-likeness (QED) is 0.842. The van der Waals surface area contributed by atoms with Gasteiger partial charge in [-0.25, -0.2) is 9.97 Å². The molecule has 1 aromatic rings. The fraction of sp³-hybridized carbons (Fsp3) is 0.727. The average molecular weight is 387 g/mol. The van der Waals surface area contributed by atoms with Crippen molar-refractivity contribution in [3.63, 3.8) is 0 Å². The molecule has 2 amide bonds. The average Bonchev–Trinajstić information content (AvgIpc) is 2.97. The number of hydrogen-bond donors (Lipinski definition) is 1. The van der Waals surface area contributed by atoms with Crippen LogP contribution in [0.3, 0.4) is 0 Å². The van der Waals surface area contributed by atoms with E-state index < -0.39 is 0 Å². The van der Waals surface area contributed by atoms with Crippen molar-refractivity contribution in [2.45, 2.75) is 84.6 Å². The molecule has 1 unspecified atom stereocenters. The van der Waals surface area contributed by atoms with Crippen molar-refractivity contribution in [2.75, 3.05) is 13.1 Å². The smallest absolute Gasteiger partial charge is 0.222 e. The molecular formula is C22H34N4O2. The maximum absolute atomic E-state index is 12.6. The van der Waals surface area contributed by atoms with Crippen LogP contribution in [0, 0.1) is 5.41 Å². The minimum absolute atomic E-state index is 0.0418. The molecule has 1 atom stereocenters. The Morgan fingerprint density at radius 2 is 2.11 bits per heavy atom. The molecule has 0 radical (unpaired) electrons. The molecule has 0 aromatic carbocycles. The molecule has 0 saturated carbocycles. The largest absolute Gasteiger partial charge is 0.349 e. The summed E-state index contributed by atoms with van der Waals surface area (Å²) in [7, 11) is 0. The Balaban J connectivity index is 1.65. The van der Waals surface area contributed by atoms with Crippen molar-refractivity contribution in [3.05, 3.63) is 23.3 Å². The first-order chi connectivity index (χ1) is 13.0. The predicted octanol–water partition coefficient (Wildman–Crippen LogP) is 3.31. The molecule has 154 valence electrons. The van der Waals surface area contributed by atoms with E-state index in [1.54, 1.807) is 0 Å². The summed E-state index contributed by atoms with van der Waals surface area (Å²) < 4.78 is 0. The molecule has 1 fully saturated rings. The van der Waals surface area contributed by atoms with Crippen LogP contribution in [0.1, 0.15) is 89.8 Å². The molecule has 1 saturated heterocycles. The van der Waals surface area contributed by atoms with E-state index in [1.165, 1.54) is 0 Å². The van der Waals surface area contributed by atoms with Gasteiger partial charge in [0, 0.05) is 48.8 Å². The molecule has 6 nitrogen and oxygen atoms in total. The predicted molar refractivity (Wildman–Crippen MR) is 109 cm³/mol. The second kappa shape index (κ2) is 7.80. The lowest BCUT2D eigenvalue weighted by molar-refractivity contribution is -0.128. The Bertz CT molecular complexity index is 751. The topological polar surface area (TPSA) is 75.2 Å². The van der Waals surface area contributed by atoms with Crippen molar-refractivity contribution in [1.29, 1.82) is 0 Å². The summed E-state index contributed by atoms with van der Waals surface area (Å²) in [6.45, 7) is 12.3. The van der Waals surface area contributed by atoms with E-state index in [4.69, 9.17) is 4.98 Å². The fourth-order valence-corrected chi connectivity index (χ4v) is 4.17. The van der Waals surface area contributed by atoms with Gasteiger partial charge in [0.05, 0.1) is 6.04 Å². The van der Waals surface area contributed by atoms with Gasteiger partial charge in [-0.3, -0.25) is 9.59 Å². The number of likely N-dealkylation sites (tertiary alicyclic amines) is 1. The number of rotatable bonds is 5. The van der Waals surface area contributed by atoms with Gasteiger partial charge in [-0.2, -0.15) is 0 Å². The summed E-state index contributed by atoms with van der Waals surface area (Å²) in [5.41, 5.74) is 2.10. The van der Waals surface area contributed by atoms with Crippen molar-refractivity contribution >= 4 is 11.8 Å². The second-order valence-corrected chi connectivity index (χ2v) is 10.1. The number of fused-ring (bicyclic) bond motifs is 1. The number of nitrogens with zero attached hydrogens (tertiary/aromatic N) is 3. The van der Waals surface area contributed by atoms with Gasteiger partial charge in [0.2, 0.25) is 11.8 Å². The van der Waals surface area contributed by atoms with Gasteiger partial charge in [-0.1, -0.05) is 34.6 Å². The van der Waals surface area contributed by atoms with E-state index in [2.05, 4.69) is 44.9 Å². The van der Waals surface area contributed by atoms with E-state index >= 15 is 0 Å². The number of aromatic nitrogens is 2. The van der Waals surface area contributed by atoms with Gasteiger partial charge >= 0.3 is 0 Å². The van der Waals surface area contributed by atoms with Crippen LogP contribution in [0.25, 0.3) is 0 Å². The zero-order valence-electron chi connectivity index (χ0n) is 18.0. The molecule has 1 aliphatic carbocycles. The molecule has 3 rings (SSSR count). The van der Waals surface area contributed by atoms with Gasteiger partial charge in [-0.15, -0.1) is 0 Å². The monoisotopic (exact) mass is 386 g/mol. The Kier molecular flexibility index (Phi) is 5.78. The van der Waals surface area contributed by atoms with Crippen LogP contribution >= 0.6 is 0 Å². The maximum Gasteiger partial charge on any atom is 0.222 e. The third-order valence-corrected chi connectivity index (χ3v) is 5.69. The van der Waals surface area contributed by atoms with Gasteiger partial charge in [-0.05, 0) is 31.1 Å². The van der Waals surface area contributed by atoms with E-state index in [9.17, 15) is 9.59 Å². The summed E-state index contributed by atoms with van der Waals surface area (Å²) in [4.78, 5) is 35.6. The summed E-state index contributed by atoms with van der Waals surface area (Å²) in [5.74, 6) is 1.11. The Morgan fingerprint density at radius 3 is 2.75 bits per heavy atom. The zero-order chi connectivity index (χ0) is 20.5. The summed E-state index contributed by atoms with van der Waals surface area (Å²) in [6, 6.07) is -0.0475. The van der Waals surface area contributed by atoms with Crippen molar-refractivity contribution in [1.82, 2.24) is 20.2 Å². The number of carbonyl (C=O) groups is 2. The minimum Gasteiger partial charge on any atom is -0.349 e. The molecular weight excluding hydrogens is 352 g/mol. The lowest BCUT2D eigenvalue weighted by Crippen LogP contribution is -2.38. The van der Waals surface area contributed by atoms with E-state index in [0.717, 1.165) is 42.9 Å². The van der Waals surface area contributed by atoms with Gasteiger partial charge in [0.1, 0.15) is 5.82 Å². The van der Waals surface area contributed by atoms with E-state index in [-0.39, 0.29) is 28.7 Å². The molecule has 0 bridgehead atoms. The van der Waals surface area contributed by atoms with Crippen LogP contribution in [-0.2, 0) is 21.4 Å². The Hall–Kier alpha value is -1.98. The SMILES string of the molecule is CC1(C)Cc2nc(C(C)(C)C)ncc2C(NC(=O)CCCN2CCCC2=O)C1. The Morgan fingerprint density at radius 1 is 1.36 bits per heavy atom. The zero-order valence-corrected chi connectivity index (χ0v) is 18.0. The number of amides is 2. The van der Waals surface area contributed by atoms with Crippen LogP contribution in [0.2, 0.25) is 0 Å². The standard InChI is InChI=1S/C22H34N4O2/c1-21(2,3)20-23-14-15-16(12-22(4,5)13-17(15)25-20)24-18(27)8-6-10-26-11-7-9-19(26)28/h14,16H,6-13H2,1-5H3,(H,24,27). The molecule has 0 spiro atoms. The van der Waals surface area contributed by atoms with Gasteiger partial charge in [0.25, 0.3) is 0 Å². The molecule has 1 aliphatic heterocycles. The minimum atomic E-state index is -0.0949. The van der Waals surface area contributed by atoms with E-state index in [0.29, 0.717) is 25.8 Å². The lowest BCUT2D eigenvalue weighted by Gasteiger charge is -2.37. The highest BCUT2D eigenvalue weighted by Crippen LogP contribution is 2.40. The number of carbonyl (C=O) groups excluding carboxylic acids is 2. The third-order valence-electron chi connectivity index (χ3n) is 5.69. The molecule has 1 aromatic heterocycles. The first-order valence-electron chi connectivity index (χ1n) is 10.5. The fourth-order valence-electron chi connectivity index (χ4n) is 4.17. The highest BCUT2D eigenvalue weighted by Gasteiger charge is 2.35. The van der Waals surface area contributed by atoms with Crippen LogP contribution < -0.4 is 5.32 Å². The molecule has 6 heteroatoms. The third kappa shape index (κ3) is 4.89. The first kappa shape index (κ1) is 20.7. The molecule has 2 heterocycles. The van der Waals surface area contributed by atoms with Crippen molar-refractivity contribution in [3.8, 4) is 0 Å². The molecule has 2 aliphatic rings. The molecule has 28 heavy (non-hydrogen) atoms. The number of nitrogens with one attached hydrogen (secondary N) is 1. The normalized spacial score (nSPS) is 21.5. The van der Waals surface area contributed by atoms with E-state index in [1.807, 2.05) is 11.1 Å². The Labute approximate surface area is 168 Å². The lowest BCUT2D eigenvalue weighted by atomic mass is 9.74. The van der Waals surface area contributed by atoms with Crippen LogP contribution in [0.5, 0.6) is 0 Å². The van der Waals surface area contributed by atoms with Crippen molar-refractivity contribution in [2.24, 2.45) is 5.41 Å². The highest BCUT2D eigenvalue weighted by atomic mass is 16.2. The van der Waals surface area contributed by atoms with Crippen LogP contribution in [-0.4, -0.2) is 39.8 Å². The summed E-state index contributed by atoms with van der Waals surface area (Å²) >= 11 is 0. The van der Waals surface area contributed by atoms with Crippen LogP contribution in [0.15, 0.2) is 6.20 Å². The van der Waals surface area contributed by atoms with Gasteiger partial charge in [0.15, 0.2) is 0 Å². The first-order valence-corrected chi connectivity index (χ1v) is 10.5. The molecule has 1 N–H and O–H groups in total.